The number of nitrogens with one attached hydrogen (secondary N) is 2. The van der Waals surface area contributed by atoms with Crippen LogP contribution in [0.25, 0.3) is 11.1 Å². The number of benzene rings is 3. The van der Waals surface area contributed by atoms with Crippen molar-refractivity contribution < 1.29 is 52.4 Å². The Labute approximate surface area is 335 Å². The van der Waals surface area contributed by atoms with Crippen molar-refractivity contribution in [3.63, 3.8) is 0 Å². The molecule has 0 fully saturated rings. The highest BCUT2D eigenvalue weighted by atomic mass is 16.7. The van der Waals surface area contributed by atoms with Crippen LogP contribution < -0.4 is 10.6 Å². The zero-order valence-corrected chi connectivity index (χ0v) is 34.5. The smallest absolute Gasteiger partial charge is 0.459 e. The molecule has 0 radical (unpaired) electrons. The summed E-state index contributed by atoms with van der Waals surface area (Å²) in [6, 6.07) is 21.4. The molecule has 1 aliphatic rings. The van der Waals surface area contributed by atoms with Crippen LogP contribution in [0, 0.1) is 11.8 Å². The lowest BCUT2D eigenvalue weighted by molar-refractivity contribution is -0.166. The fourth-order valence-corrected chi connectivity index (χ4v) is 6.34. The standard InChI is InChI=1S/C44H56N2O11/c1-26(2)36(34(46-41(50)56-43(5,6)7)38(47)52-24-28-18-12-11-13-19-28)54-39(48)35(37(27(3)4)55-42(51)57-44(8,9)10)45-40(49)53-25-33-31-22-16-14-20-29(31)30-21-15-17-23-32(30)33/h11-23,26-27,33-37H,24-25H2,1-10H3,(H,45,49)(H,46,50)/t34-,35-,36+,37+/m0/s1. The van der Waals surface area contributed by atoms with Crippen molar-refractivity contribution >= 4 is 30.3 Å². The van der Waals surface area contributed by atoms with Crippen molar-refractivity contribution in [3.8, 4) is 11.1 Å². The minimum Gasteiger partial charge on any atom is -0.459 e. The first-order valence-electron chi connectivity index (χ1n) is 19.2. The maximum atomic E-state index is 14.4. The predicted octanol–water partition coefficient (Wildman–Crippen LogP) is 8.07. The van der Waals surface area contributed by atoms with E-state index in [1.807, 2.05) is 54.6 Å². The average molecular weight is 789 g/mol. The number of carbonyl (C=O) groups excluding carboxylic acids is 5. The van der Waals surface area contributed by atoms with E-state index in [9.17, 15) is 24.0 Å². The number of ether oxygens (including phenoxy) is 6. The second-order valence-electron chi connectivity index (χ2n) is 16.6. The first kappa shape index (κ1) is 44.1. The zero-order chi connectivity index (χ0) is 42.1. The third kappa shape index (κ3) is 12.7. The molecule has 4 rings (SSSR count). The number of amides is 2. The summed E-state index contributed by atoms with van der Waals surface area (Å²) < 4.78 is 33.9. The second-order valence-corrected chi connectivity index (χ2v) is 16.6. The van der Waals surface area contributed by atoms with Crippen LogP contribution in [0.5, 0.6) is 0 Å². The van der Waals surface area contributed by atoms with Gasteiger partial charge in [0.25, 0.3) is 0 Å². The SMILES string of the molecule is CC(C)[C@@H](OC(=O)OC(C)(C)C)[C@H](NC(=O)OCC1c2ccccc2-c2ccccc21)C(=O)O[C@H](C(C)C)[C@H](NC(=O)OC(C)(C)C)C(=O)OCc1ccccc1. The fraction of sp³-hybridized carbons (Fsp3) is 0.477. The van der Waals surface area contributed by atoms with Crippen molar-refractivity contribution in [2.75, 3.05) is 6.61 Å². The first-order valence-corrected chi connectivity index (χ1v) is 19.2. The molecule has 2 amide bonds. The Bertz CT molecular complexity index is 1820. The highest BCUT2D eigenvalue weighted by Crippen LogP contribution is 2.44. The number of hydrogen-bond acceptors (Lipinski definition) is 11. The number of rotatable bonds is 14. The molecule has 13 heteroatoms. The molecule has 0 aromatic heterocycles. The van der Waals surface area contributed by atoms with E-state index in [1.165, 1.54) is 0 Å². The van der Waals surface area contributed by atoms with E-state index in [2.05, 4.69) is 10.6 Å². The Kier molecular flexibility index (Phi) is 14.7. The molecule has 2 N–H and O–H groups in total. The maximum absolute atomic E-state index is 14.4. The first-order chi connectivity index (χ1) is 26.7. The Balaban J connectivity index is 1.63. The van der Waals surface area contributed by atoms with E-state index in [4.69, 9.17) is 28.4 Å². The third-order valence-corrected chi connectivity index (χ3v) is 8.87. The van der Waals surface area contributed by atoms with Crippen LogP contribution in [-0.2, 0) is 44.6 Å². The normalized spacial score (nSPS) is 14.6. The van der Waals surface area contributed by atoms with Gasteiger partial charge in [-0.25, -0.2) is 24.0 Å². The van der Waals surface area contributed by atoms with E-state index in [-0.39, 0.29) is 19.1 Å². The molecule has 0 aliphatic heterocycles. The topological polar surface area (TPSA) is 165 Å². The number of carbonyl (C=O) groups is 5. The van der Waals surface area contributed by atoms with Crippen LogP contribution in [-0.4, -0.2) is 72.4 Å². The van der Waals surface area contributed by atoms with Crippen LogP contribution in [0.2, 0.25) is 0 Å². The Morgan fingerprint density at radius 3 is 1.58 bits per heavy atom. The molecule has 3 aromatic carbocycles. The molecule has 0 spiro atoms. The van der Waals surface area contributed by atoms with Gasteiger partial charge < -0.3 is 39.1 Å². The van der Waals surface area contributed by atoms with Crippen molar-refractivity contribution in [1.82, 2.24) is 10.6 Å². The summed E-state index contributed by atoms with van der Waals surface area (Å²) >= 11 is 0. The molecular formula is C44H56N2O11. The molecule has 4 atom stereocenters. The molecule has 0 saturated heterocycles. The van der Waals surface area contributed by atoms with Gasteiger partial charge in [-0.15, -0.1) is 0 Å². The maximum Gasteiger partial charge on any atom is 0.509 e. The van der Waals surface area contributed by atoms with Gasteiger partial charge in [-0.2, -0.15) is 0 Å². The molecule has 3 aromatic rings. The molecular weight excluding hydrogens is 732 g/mol. The largest absolute Gasteiger partial charge is 0.509 e. The molecule has 1 aliphatic carbocycles. The van der Waals surface area contributed by atoms with E-state index >= 15 is 0 Å². The van der Waals surface area contributed by atoms with Crippen molar-refractivity contribution in [3.05, 3.63) is 95.6 Å². The van der Waals surface area contributed by atoms with Gasteiger partial charge in [0.1, 0.15) is 36.6 Å². The molecule has 57 heavy (non-hydrogen) atoms. The van der Waals surface area contributed by atoms with E-state index < -0.39 is 77.6 Å². The number of hydrogen-bond donors (Lipinski definition) is 2. The molecule has 0 heterocycles. The molecule has 13 nitrogen and oxygen atoms in total. The molecule has 0 saturated carbocycles. The van der Waals surface area contributed by atoms with Gasteiger partial charge in [0.2, 0.25) is 0 Å². The van der Waals surface area contributed by atoms with Gasteiger partial charge in [0, 0.05) is 5.92 Å². The van der Waals surface area contributed by atoms with E-state index in [0.29, 0.717) is 5.56 Å². The average Bonchev–Trinajstić information content (AvgIpc) is 3.44. The quantitative estimate of drug-likeness (QED) is 0.120. The van der Waals surface area contributed by atoms with Crippen LogP contribution in [0.1, 0.15) is 91.8 Å². The minimum atomic E-state index is -1.66. The summed E-state index contributed by atoms with van der Waals surface area (Å²) in [5.74, 6) is -3.43. The highest BCUT2D eigenvalue weighted by molar-refractivity contribution is 5.85. The summed E-state index contributed by atoms with van der Waals surface area (Å²) in [4.78, 5) is 67.9. The monoisotopic (exact) mass is 788 g/mol. The van der Waals surface area contributed by atoms with E-state index in [1.54, 1.807) is 93.5 Å². The van der Waals surface area contributed by atoms with Crippen LogP contribution in [0.4, 0.5) is 14.4 Å². The summed E-state index contributed by atoms with van der Waals surface area (Å²) in [6.07, 6.45) is -5.70. The number of fused-ring (bicyclic) bond motifs is 3. The van der Waals surface area contributed by atoms with Crippen molar-refractivity contribution in [2.45, 2.75) is 117 Å². The predicted molar refractivity (Wildman–Crippen MR) is 212 cm³/mol. The lowest BCUT2D eigenvalue weighted by Crippen LogP contribution is -2.58. The van der Waals surface area contributed by atoms with Crippen LogP contribution in [0.15, 0.2) is 78.9 Å². The summed E-state index contributed by atoms with van der Waals surface area (Å²) in [7, 11) is 0. The third-order valence-electron chi connectivity index (χ3n) is 8.87. The molecule has 308 valence electrons. The van der Waals surface area contributed by atoms with Crippen LogP contribution >= 0.6 is 0 Å². The zero-order valence-electron chi connectivity index (χ0n) is 34.5. The molecule has 0 bridgehead atoms. The van der Waals surface area contributed by atoms with Crippen molar-refractivity contribution in [2.24, 2.45) is 11.8 Å². The van der Waals surface area contributed by atoms with Gasteiger partial charge in [0.15, 0.2) is 12.1 Å². The van der Waals surface area contributed by atoms with Crippen molar-refractivity contribution in [1.29, 1.82) is 0 Å². The van der Waals surface area contributed by atoms with E-state index in [0.717, 1.165) is 22.3 Å². The Hall–Kier alpha value is -5.59. The van der Waals surface area contributed by atoms with Gasteiger partial charge >= 0.3 is 30.3 Å². The molecule has 0 unspecified atom stereocenters. The number of alkyl carbamates (subject to hydrolysis) is 2. The highest BCUT2D eigenvalue weighted by Gasteiger charge is 2.43. The summed E-state index contributed by atoms with van der Waals surface area (Å²) in [6.45, 7) is 16.5. The number of esters is 2. The fourth-order valence-electron chi connectivity index (χ4n) is 6.34. The Morgan fingerprint density at radius 1 is 0.579 bits per heavy atom. The van der Waals surface area contributed by atoms with Gasteiger partial charge in [-0.3, -0.25) is 0 Å². The summed E-state index contributed by atoms with van der Waals surface area (Å²) in [5, 5.41) is 5.10. The summed E-state index contributed by atoms with van der Waals surface area (Å²) in [5.41, 5.74) is 2.87. The van der Waals surface area contributed by atoms with Gasteiger partial charge in [-0.05, 0) is 81.2 Å². The Morgan fingerprint density at radius 2 is 1.05 bits per heavy atom. The lowest BCUT2D eigenvalue weighted by atomic mass is 9.97. The van der Waals surface area contributed by atoms with Gasteiger partial charge in [-0.1, -0.05) is 107 Å². The minimum absolute atomic E-state index is 0.0648. The lowest BCUT2D eigenvalue weighted by Gasteiger charge is -2.34. The van der Waals surface area contributed by atoms with Gasteiger partial charge in [0.05, 0.1) is 0 Å². The van der Waals surface area contributed by atoms with Crippen LogP contribution in [0.3, 0.4) is 0 Å². The second kappa shape index (κ2) is 19.0.